The van der Waals surface area contributed by atoms with E-state index in [1.54, 1.807) is 6.07 Å². The smallest absolute Gasteiger partial charge is 0.141 e. The topological polar surface area (TPSA) is 38.9 Å². The fraction of sp³-hybridized carbons (Fsp3) is 0.643. The molecule has 1 unspecified atom stereocenters. The van der Waals surface area contributed by atoms with Crippen molar-refractivity contribution in [3.63, 3.8) is 0 Å². The highest BCUT2D eigenvalue weighted by Gasteiger charge is 2.21. The number of hydrogen-bond donors (Lipinski definition) is 1. The largest absolute Gasteiger partial charge is 0.320 e. The van der Waals surface area contributed by atoms with E-state index in [-0.39, 0.29) is 5.82 Å². The lowest BCUT2D eigenvalue weighted by atomic mass is 9.91. The SMILES string of the molecule is CCCCCCCC(C)(N)c1ccc(F)cn1. The minimum absolute atomic E-state index is 0.313. The van der Waals surface area contributed by atoms with Gasteiger partial charge in [0.2, 0.25) is 0 Å². The Morgan fingerprint density at radius 3 is 2.53 bits per heavy atom. The monoisotopic (exact) mass is 238 g/mol. The summed E-state index contributed by atoms with van der Waals surface area (Å²) in [6.07, 6.45) is 8.25. The Balaban J connectivity index is 2.42. The second-order valence-corrected chi connectivity index (χ2v) is 4.94. The van der Waals surface area contributed by atoms with Crippen LogP contribution in [0.5, 0.6) is 0 Å². The minimum Gasteiger partial charge on any atom is -0.320 e. The predicted molar refractivity (Wildman–Crippen MR) is 69.1 cm³/mol. The maximum Gasteiger partial charge on any atom is 0.141 e. The first-order valence-corrected chi connectivity index (χ1v) is 6.47. The molecule has 0 aliphatic rings. The van der Waals surface area contributed by atoms with E-state index in [4.69, 9.17) is 5.73 Å². The van der Waals surface area contributed by atoms with Crippen LogP contribution in [0, 0.1) is 5.82 Å². The second kappa shape index (κ2) is 6.70. The summed E-state index contributed by atoms with van der Waals surface area (Å²) in [6, 6.07) is 3.10. The van der Waals surface area contributed by atoms with Gasteiger partial charge in [-0.3, -0.25) is 4.98 Å². The van der Waals surface area contributed by atoms with Gasteiger partial charge in [-0.1, -0.05) is 39.0 Å². The van der Waals surface area contributed by atoms with E-state index < -0.39 is 5.54 Å². The van der Waals surface area contributed by atoms with Crippen LogP contribution in [0.3, 0.4) is 0 Å². The average Bonchev–Trinajstić information content (AvgIpc) is 2.29. The lowest BCUT2D eigenvalue weighted by Gasteiger charge is -2.23. The highest BCUT2D eigenvalue weighted by Crippen LogP contribution is 2.22. The minimum atomic E-state index is -0.445. The first-order valence-electron chi connectivity index (χ1n) is 6.47. The molecule has 0 spiro atoms. The number of hydrogen-bond acceptors (Lipinski definition) is 2. The molecule has 0 saturated carbocycles. The average molecular weight is 238 g/mol. The van der Waals surface area contributed by atoms with Crippen molar-refractivity contribution in [3.05, 3.63) is 29.8 Å². The Morgan fingerprint density at radius 2 is 1.94 bits per heavy atom. The number of rotatable bonds is 7. The number of pyridine rings is 1. The third-order valence-electron chi connectivity index (χ3n) is 3.11. The quantitative estimate of drug-likeness (QED) is 0.735. The molecule has 0 bridgehead atoms. The zero-order valence-electron chi connectivity index (χ0n) is 10.9. The van der Waals surface area contributed by atoms with E-state index in [1.807, 2.05) is 6.92 Å². The zero-order valence-corrected chi connectivity index (χ0v) is 10.9. The van der Waals surface area contributed by atoms with Gasteiger partial charge in [-0.05, 0) is 25.5 Å². The molecule has 1 aromatic heterocycles. The van der Waals surface area contributed by atoms with Crippen molar-refractivity contribution in [2.75, 3.05) is 0 Å². The third-order valence-corrected chi connectivity index (χ3v) is 3.11. The highest BCUT2D eigenvalue weighted by molar-refractivity contribution is 5.14. The fourth-order valence-electron chi connectivity index (χ4n) is 1.94. The van der Waals surface area contributed by atoms with Crippen molar-refractivity contribution in [1.82, 2.24) is 4.98 Å². The number of nitrogens with zero attached hydrogens (tertiary/aromatic N) is 1. The van der Waals surface area contributed by atoms with E-state index in [0.29, 0.717) is 0 Å². The van der Waals surface area contributed by atoms with E-state index in [1.165, 1.54) is 37.9 Å². The van der Waals surface area contributed by atoms with Crippen LogP contribution in [0.2, 0.25) is 0 Å². The number of unbranched alkanes of at least 4 members (excludes halogenated alkanes) is 4. The summed E-state index contributed by atoms with van der Waals surface area (Å²) < 4.78 is 12.8. The Kier molecular flexibility index (Phi) is 5.56. The molecule has 17 heavy (non-hydrogen) atoms. The van der Waals surface area contributed by atoms with E-state index in [9.17, 15) is 4.39 Å². The molecule has 1 atom stereocenters. The summed E-state index contributed by atoms with van der Waals surface area (Å²) in [6.45, 7) is 4.17. The van der Waals surface area contributed by atoms with Crippen molar-refractivity contribution < 1.29 is 4.39 Å². The molecule has 1 aromatic rings. The van der Waals surface area contributed by atoms with Gasteiger partial charge >= 0.3 is 0 Å². The van der Waals surface area contributed by atoms with Gasteiger partial charge in [0, 0.05) is 0 Å². The van der Waals surface area contributed by atoms with Crippen molar-refractivity contribution in [2.45, 2.75) is 57.9 Å². The van der Waals surface area contributed by atoms with E-state index >= 15 is 0 Å². The molecule has 96 valence electrons. The normalized spacial score (nSPS) is 14.6. The molecule has 0 aliphatic carbocycles. The molecular formula is C14H23FN2. The molecule has 3 heteroatoms. The first-order chi connectivity index (χ1) is 8.06. The second-order valence-electron chi connectivity index (χ2n) is 4.94. The number of aromatic nitrogens is 1. The molecule has 0 aliphatic heterocycles. The molecule has 0 fully saturated rings. The van der Waals surface area contributed by atoms with Gasteiger partial charge < -0.3 is 5.73 Å². The van der Waals surface area contributed by atoms with Crippen molar-refractivity contribution >= 4 is 0 Å². The van der Waals surface area contributed by atoms with Gasteiger partial charge in [-0.25, -0.2) is 4.39 Å². The predicted octanol–water partition coefficient (Wildman–Crippen LogP) is 3.76. The van der Waals surface area contributed by atoms with Crippen LogP contribution in [0.4, 0.5) is 4.39 Å². The van der Waals surface area contributed by atoms with Gasteiger partial charge in [-0.15, -0.1) is 0 Å². The third kappa shape index (κ3) is 4.82. The van der Waals surface area contributed by atoms with Gasteiger partial charge in [0.15, 0.2) is 0 Å². The molecule has 1 heterocycles. The molecule has 0 saturated heterocycles. The fourth-order valence-corrected chi connectivity index (χ4v) is 1.94. The number of halogens is 1. The summed E-state index contributed by atoms with van der Waals surface area (Å²) in [5.41, 5.74) is 6.55. The molecule has 0 amide bonds. The van der Waals surface area contributed by atoms with Crippen molar-refractivity contribution in [3.8, 4) is 0 Å². The van der Waals surface area contributed by atoms with Gasteiger partial charge in [0.05, 0.1) is 17.4 Å². The van der Waals surface area contributed by atoms with Gasteiger partial charge in [0.25, 0.3) is 0 Å². The Morgan fingerprint density at radius 1 is 1.24 bits per heavy atom. The van der Waals surface area contributed by atoms with Gasteiger partial charge in [0.1, 0.15) is 5.82 Å². The van der Waals surface area contributed by atoms with Crippen LogP contribution in [-0.2, 0) is 5.54 Å². The maximum absolute atomic E-state index is 12.8. The van der Waals surface area contributed by atoms with Crippen LogP contribution in [-0.4, -0.2) is 4.98 Å². The van der Waals surface area contributed by atoms with E-state index in [0.717, 1.165) is 18.5 Å². The first kappa shape index (κ1) is 14.1. The molecule has 0 radical (unpaired) electrons. The van der Waals surface area contributed by atoms with Crippen LogP contribution in [0.1, 0.15) is 58.1 Å². The zero-order chi connectivity index (χ0) is 12.7. The van der Waals surface area contributed by atoms with Crippen molar-refractivity contribution in [2.24, 2.45) is 5.73 Å². The van der Waals surface area contributed by atoms with E-state index in [2.05, 4.69) is 11.9 Å². The summed E-state index contributed by atoms with van der Waals surface area (Å²) >= 11 is 0. The highest BCUT2D eigenvalue weighted by atomic mass is 19.1. The van der Waals surface area contributed by atoms with Crippen LogP contribution >= 0.6 is 0 Å². The van der Waals surface area contributed by atoms with Crippen LogP contribution < -0.4 is 5.73 Å². The lowest BCUT2D eigenvalue weighted by Crippen LogP contribution is -2.33. The molecular weight excluding hydrogens is 215 g/mol. The summed E-state index contributed by atoms with van der Waals surface area (Å²) in [4.78, 5) is 4.07. The molecule has 1 rings (SSSR count). The summed E-state index contributed by atoms with van der Waals surface area (Å²) in [7, 11) is 0. The number of nitrogens with two attached hydrogens (primary N) is 1. The van der Waals surface area contributed by atoms with Gasteiger partial charge in [-0.2, -0.15) is 0 Å². The molecule has 2 nitrogen and oxygen atoms in total. The Bertz CT molecular complexity index is 319. The van der Waals surface area contributed by atoms with Crippen molar-refractivity contribution in [1.29, 1.82) is 0 Å². The van der Waals surface area contributed by atoms with Crippen LogP contribution in [0.15, 0.2) is 18.3 Å². The molecule has 0 aromatic carbocycles. The molecule has 2 N–H and O–H groups in total. The maximum atomic E-state index is 12.8. The standard InChI is InChI=1S/C14H23FN2/c1-3-4-5-6-7-10-14(2,16)13-9-8-12(15)11-17-13/h8-9,11H,3-7,10,16H2,1-2H3. The Labute approximate surface area is 103 Å². The lowest BCUT2D eigenvalue weighted by molar-refractivity contribution is 0.410. The summed E-state index contributed by atoms with van der Waals surface area (Å²) in [5.74, 6) is -0.313. The van der Waals surface area contributed by atoms with Crippen LogP contribution in [0.25, 0.3) is 0 Å². The summed E-state index contributed by atoms with van der Waals surface area (Å²) in [5, 5.41) is 0. The Hall–Kier alpha value is -0.960.